The Morgan fingerprint density at radius 3 is 2.67 bits per heavy atom. The summed E-state index contributed by atoms with van der Waals surface area (Å²) in [7, 11) is 0. The van der Waals surface area contributed by atoms with Crippen molar-refractivity contribution < 1.29 is 18.7 Å². The molecule has 1 N–H and O–H groups in total. The number of anilines is 1. The number of rotatable bonds is 6. The SMILES string of the molecule is CCOC(=O)c1sc(NC(=O)Cc2c(-c3ccc(F)c(C)c3)nc3ccc(C)cn23)nc1C. The van der Waals surface area contributed by atoms with Crippen molar-refractivity contribution in [1.82, 2.24) is 14.4 Å². The van der Waals surface area contributed by atoms with E-state index in [1.54, 1.807) is 32.9 Å². The van der Waals surface area contributed by atoms with Gasteiger partial charge < -0.3 is 14.5 Å². The highest BCUT2D eigenvalue weighted by Gasteiger charge is 2.21. The molecule has 9 heteroatoms. The average Bonchev–Trinajstić information content (AvgIpc) is 3.30. The van der Waals surface area contributed by atoms with Gasteiger partial charge in [-0.3, -0.25) is 4.79 Å². The molecular formula is C24H23FN4O3S. The Kier molecular flexibility index (Phi) is 6.24. The molecule has 1 amide bonds. The monoisotopic (exact) mass is 466 g/mol. The molecule has 4 aromatic rings. The van der Waals surface area contributed by atoms with Crippen LogP contribution in [0.25, 0.3) is 16.9 Å². The van der Waals surface area contributed by atoms with Crippen LogP contribution < -0.4 is 5.32 Å². The highest BCUT2D eigenvalue weighted by molar-refractivity contribution is 7.17. The first-order valence-electron chi connectivity index (χ1n) is 10.4. The number of hydrogen-bond donors (Lipinski definition) is 1. The quantitative estimate of drug-likeness (QED) is 0.410. The van der Waals surface area contributed by atoms with Gasteiger partial charge >= 0.3 is 5.97 Å². The number of amides is 1. The fourth-order valence-corrected chi connectivity index (χ4v) is 4.42. The molecular weight excluding hydrogens is 443 g/mol. The summed E-state index contributed by atoms with van der Waals surface area (Å²) in [6, 6.07) is 8.61. The number of halogens is 1. The van der Waals surface area contributed by atoms with E-state index in [1.807, 2.05) is 29.7 Å². The minimum atomic E-state index is -0.459. The second kappa shape index (κ2) is 9.11. The molecule has 0 atom stereocenters. The molecule has 0 aliphatic carbocycles. The van der Waals surface area contributed by atoms with Crippen molar-refractivity contribution in [2.75, 3.05) is 11.9 Å². The zero-order valence-corrected chi connectivity index (χ0v) is 19.5. The maximum Gasteiger partial charge on any atom is 0.350 e. The van der Waals surface area contributed by atoms with Gasteiger partial charge in [0.15, 0.2) is 5.13 Å². The largest absolute Gasteiger partial charge is 0.462 e. The lowest BCUT2D eigenvalue weighted by molar-refractivity contribution is -0.115. The first kappa shape index (κ1) is 22.6. The van der Waals surface area contributed by atoms with E-state index < -0.39 is 5.97 Å². The average molecular weight is 467 g/mol. The summed E-state index contributed by atoms with van der Waals surface area (Å²) >= 11 is 1.08. The van der Waals surface area contributed by atoms with Gasteiger partial charge in [0.2, 0.25) is 5.91 Å². The van der Waals surface area contributed by atoms with Gasteiger partial charge in [-0.05, 0) is 63.1 Å². The molecule has 0 aliphatic rings. The number of carbonyl (C=O) groups excluding carboxylic acids is 2. The van der Waals surface area contributed by atoms with Gasteiger partial charge in [0, 0.05) is 11.8 Å². The van der Waals surface area contributed by atoms with Gasteiger partial charge in [0.1, 0.15) is 16.3 Å². The summed E-state index contributed by atoms with van der Waals surface area (Å²) in [6.45, 7) is 7.34. The number of aryl methyl sites for hydroxylation is 3. The molecule has 0 bridgehead atoms. The Morgan fingerprint density at radius 2 is 1.94 bits per heavy atom. The third-order valence-electron chi connectivity index (χ3n) is 5.13. The highest BCUT2D eigenvalue weighted by atomic mass is 32.1. The molecule has 0 radical (unpaired) electrons. The van der Waals surface area contributed by atoms with Gasteiger partial charge in [-0.25, -0.2) is 19.2 Å². The molecule has 1 aromatic carbocycles. The van der Waals surface area contributed by atoms with Crippen LogP contribution in [0.3, 0.4) is 0 Å². The van der Waals surface area contributed by atoms with E-state index in [9.17, 15) is 14.0 Å². The number of carbonyl (C=O) groups is 2. The number of thiazole rings is 1. The van der Waals surface area contributed by atoms with Crippen LogP contribution >= 0.6 is 11.3 Å². The van der Waals surface area contributed by atoms with Crippen LogP contribution in [0.5, 0.6) is 0 Å². The van der Waals surface area contributed by atoms with Gasteiger partial charge in [0.25, 0.3) is 0 Å². The van der Waals surface area contributed by atoms with Crippen LogP contribution in [0, 0.1) is 26.6 Å². The van der Waals surface area contributed by atoms with Crippen LogP contribution in [0.4, 0.5) is 9.52 Å². The van der Waals surface area contributed by atoms with E-state index in [1.165, 1.54) is 6.07 Å². The molecule has 0 spiro atoms. The van der Waals surface area contributed by atoms with Crippen LogP contribution in [0.15, 0.2) is 36.5 Å². The molecule has 0 saturated carbocycles. The maximum absolute atomic E-state index is 13.8. The Labute approximate surface area is 194 Å². The smallest absolute Gasteiger partial charge is 0.350 e. The van der Waals surface area contributed by atoms with Crippen molar-refractivity contribution in [1.29, 1.82) is 0 Å². The summed E-state index contributed by atoms with van der Waals surface area (Å²) in [4.78, 5) is 34.4. The number of pyridine rings is 1. The summed E-state index contributed by atoms with van der Waals surface area (Å²) in [6.07, 6.45) is 1.93. The third kappa shape index (κ3) is 4.63. The van der Waals surface area contributed by atoms with E-state index in [0.717, 1.165) is 22.5 Å². The number of nitrogens with zero attached hydrogens (tertiary/aromatic N) is 3. The predicted octanol–water partition coefficient (Wildman–Crippen LogP) is 4.88. The molecule has 7 nitrogen and oxygen atoms in total. The lowest BCUT2D eigenvalue weighted by Crippen LogP contribution is -2.16. The first-order valence-corrected chi connectivity index (χ1v) is 11.3. The highest BCUT2D eigenvalue weighted by Crippen LogP contribution is 2.28. The molecule has 33 heavy (non-hydrogen) atoms. The van der Waals surface area contributed by atoms with Crippen LogP contribution in [0.1, 0.15) is 39.1 Å². The topological polar surface area (TPSA) is 85.6 Å². The Balaban J connectivity index is 1.67. The number of fused-ring (bicyclic) bond motifs is 1. The molecule has 3 heterocycles. The normalized spacial score (nSPS) is 11.1. The van der Waals surface area contributed by atoms with E-state index in [-0.39, 0.29) is 24.8 Å². The summed E-state index contributed by atoms with van der Waals surface area (Å²) < 4.78 is 20.7. The van der Waals surface area contributed by atoms with E-state index in [2.05, 4.69) is 10.3 Å². The van der Waals surface area contributed by atoms with Gasteiger partial charge in [-0.2, -0.15) is 0 Å². The van der Waals surface area contributed by atoms with Crippen molar-refractivity contribution in [2.24, 2.45) is 0 Å². The summed E-state index contributed by atoms with van der Waals surface area (Å²) in [5.74, 6) is -1.06. The summed E-state index contributed by atoms with van der Waals surface area (Å²) in [5, 5.41) is 3.10. The summed E-state index contributed by atoms with van der Waals surface area (Å²) in [5.41, 5.74) is 4.72. The van der Waals surface area contributed by atoms with Crippen molar-refractivity contribution in [2.45, 2.75) is 34.1 Å². The zero-order valence-electron chi connectivity index (χ0n) is 18.7. The third-order valence-corrected chi connectivity index (χ3v) is 6.18. The van der Waals surface area contributed by atoms with Gasteiger partial charge in [-0.15, -0.1) is 0 Å². The number of ether oxygens (including phenoxy) is 1. The van der Waals surface area contributed by atoms with Gasteiger partial charge in [-0.1, -0.05) is 17.4 Å². The van der Waals surface area contributed by atoms with Crippen molar-refractivity contribution >= 4 is 34.0 Å². The second-order valence-electron chi connectivity index (χ2n) is 7.68. The minimum absolute atomic E-state index is 0.0176. The van der Waals surface area contributed by atoms with Crippen LogP contribution in [-0.4, -0.2) is 32.9 Å². The Hall–Kier alpha value is -3.59. The molecule has 4 rings (SSSR count). The lowest BCUT2D eigenvalue weighted by atomic mass is 10.1. The standard InChI is InChI=1S/C24H23FN4O3S/c1-5-32-23(31)22-15(4)26-24(33-22)28-20(30)11-18-21(16-7-8-17(25)14(3)10-16)27-19-9-6-13(2)12-29(18)19/h6-10,12H,5,11H2,1-4H3,(H,26,28,30). The molecule has 0 unspecified atom stereocenters. The van der Waals surface area contributed by atoms with Crippen LogP contribution in [0.2, 0.25) is 0 Å². The van der Waals surface area contributed by atoms with E-state index in [0.29, 0.717) is 38.3 Å². The number of imidazole rings is 1. The van der Waals surface area contributed by atoms with Crippen molar-refractivity contribution in [3.05, 3.63) is 69.7 Å². The second-order valence-corrected chi connectivity index (χ2v) is 8.68. The molecule has 0 saturated heterocycles. The fraction of sp³-hybridized carbons (Fsp3) is 0.250. The number of aromatic nitrogens is 3. The number of nitrogens with one attached hydrogen (secondary N) is 1. The lowest BCUT2D eigenvalue weighted by Gasteiger charge is -2.07. The number of esters is 1. The number of hydrogen-bond acceptors (Lipinski definition) is 6. The molecule has 170 valence electrons. The first-order chi connectivity index (χ1) is 15.8. The maximum atomic E-state index is 13.8. The van der Waals surface area contributed by atoms with Crippen molar-refractivity contribution in [3.8, 4) is 11.3 Å². The fourth-order valence-electron chi connectivity index (χ4n) is 3.54. The minimum Gasteiger partial charge on any atom is -0.462 e. The van der Waals surface area contributed by atoms with Gasteiger partial charge in [0.05, 0.1) is 30.1 Å². The molecule has 3 aromatic heterocycles. The van der Waals surface area contributed by atoms with Crippen LogP contribution in [-0.2, 0) is 16.0 Å². The Morgan fingerprint density at radius 1 is 1.15 bits per heavy atom. The number of benzene rings is 1. The predicted molar refractivity (Wildman–Crippen MR) is 125 cm³/mol. The molecule has 0 fully saturated rings. The van der Waals surface area contributed by atoms with E-state index in [4.69, 9.17) is 9.72 Å². The van der Waals surface area contributed by atoms with Crippen molar-refractivity contribution in [3.63, 3.8) is 0 Å². The zero-order chi connectivity index (χ0) is 23.7. The Bertz CT molecular complexity index is 1380. The van der Waals surface area contributed by atoms with E-state index >= 15 is 0 Å². The molecule has 0 aliphatic heterocycles.